The van der Waals surface area contributed by atoms with E-state index in [-0.39, 0.29) is 0 Å². The number of likely N-dealkylation sites (tertiary alicyclic amines) is 1. The number of hydrogen-bond donors (Lipinski definition) is 1. The van der Waals surface area contributed by atoms with Crippen LogP contribution in [-0.4, -0.2) is 30.1 Å². The van der Waals surface area contributed by atoms with Crippen LogP contribution in [0.2, 0.25) is 0 Å². The van der Waals surface area contributed by atoms with E-state index in [1.54, 1.807) is 0 Å². The van der Waals surface area contributed by atoms with Crippen LogP contribution in [0.4, 0.5) is 0 Å². The molecule has 0 spiro atoms. The van der Waals surface area contributed by atoms with Crippen molar-refractivity contribution >= 4 is 0 Å². The Morgan fingerprint density at radius 2 is 1.83 bits per heavy atom. The Kier molecular flexibility index (Phi) is 3.96. The van der Waals surface area contributed by atoms with E-state index in [4.69, 9.17) is 0 Å². The minimum Gasteiger partial charge on any atom is -0.310 e. The van der Waals surface area contributed by atoms with E-state index >= 15 is 0 Å². The van der Waals surface area contributed by atoms with Crippen LogP contribution in [0, 0.1) is 0 Å². The highest BCUT2D eigenvalue weighted by Crippen LogP contribution is 2.22. The molecule has 1 aromatic rings. The van der Waals surface area contributed by atoms with Crippen LogP contribution in [0.25, 0.3) is 0 Å². The van der Waals surface area contributed by atoms with Crippen molar-refractivity contribution < 1.29 is 0 Å². The van der Waals surface area contributed by atoms with Crippen molar-refractivity contribution in [3.05, 3.63) is 35.9 Å². The molecule has 2 nitrogen and oxygen atoms in total. The SMILES string of the molecule is c1ccc(CN2CCCCC(NC3CC3)C2)cc1. The molecule has 2 fully saturated rings. The van der Waals surface area contributed by atoms with Gasteiger partial charge in [-0.15, -0.1) is 0 Å². The van der Waals surface area contributed by atoms with Gasteiger partial charge in [0.25, 0.3) is 0 Å². The number of benzene rings is 1. The van der Waals surface area contributed by atoms with Crippen molar-refractivity contribution in [3.8, 4) is 0 Å². The highest BCUT2D eigenvalue weighted by atomic mass is 15.2. The minimum atomic E-state index is 0.726. The van der Waals surface area contributed by atoms with Gasteiger partial charge >= 0.3 is 0 Å². The quantitative estimate of drug-likeness (QED) is 0.876. The standard InChI is InChI=1S/C16H24N2/c1-2-6-14(7-3-1)12-18-11-5-4-8-16(13-18)17-15-9-10-15/h1-3,6-7,15-17H,4-5,8-13H2. The monoisotopic (exact) mass is 244 g/mol. The second kappa shape index (κ2) is 5.85. The highest BCUT2D eigenvalue weighted by molar-refractivity contribution is 5.14. The van der Waals surface area contributed by atoms with Gasteiger partial charge in [-0.25, -0.2) is 0 Å². The van der Waals surface area contributed by atoms with Gasteiger partial charge in [0.2, 0.25) is 0 Å². The molecular weight excluding hydrogens is 220 g/mol. The second-order valence-electron chi connectivity index (χ2n) is 5.85. The Hall–Kier alpha value is -0.860. The van der Waals surface area contributed by atoms with E-state index in [0.717, 1.165) is 18.6 Å². The van der Waals surface area contributed by atoms with Crippen molar-refractivity contribution in [1.29, 1.82) is 0 Å². The van der Waals surface area contributed by atoms with Crippen molar-refractivity contribution in [2.45, 2.75) is 50.7 Å². The van der Waals surface area contributed by atoms with Crippen LogP contribution in [0.1, 0.15) is 37.7 Å². The zero-order valence-electron chi connectivity index (χ0n) is 11.1. The molecule has 2 heteroatoms. The van der Waals surface area contributed by atoms with Gasteiger partial charge in [-0.2, -0.15) is 0 Å². The highest BCUT2D eigenvalue weighted by Gasteiger charge is 2.26. The molecule has 2 aliphatic rings. The van der Waals surface area contributed by atoms with Gasteiger partial charge in [0.1, 0.15) is 0 Å². The summed E-state index contributed by atoms with van der Waals surface area (Å²) in [5.74, 6) is 0. The molecule has 18 heavy (non-hydrogen) atoms. The van der Waals surface area contributed by atoms with E-state index < -0.39 is 0 Å². The molecule has 0 radical (unpaired) electrons. The molecule has 98 valence electrons. The molecule has 0 aromatic heterocycles. The molecular formula is C16H24N2. The summed E-state index contributed by atoms with van der Waals surface area (Å²) in [5, 5.41) is 3.81. The molecule has 1 saturated carbocycles. The number of hydrogen-bond acceptors (Lipinski definition) is 2. The zero-order valence-corrected chi connectivity index (χ0v) is 11.1. The van der Waals surface area contributed by atoms with Crippen molar-refractivity contribution in [3.63, 3.8) is 0 Å². The Bertz CT molecular complexity index is 359. The number of nitrogens with zero attached hydrogens (tertiary/aromatic N) is 1. The lowest BCUT2D eigenvalue weighted by Crippen LogP contribution is -2.40. The van der Waals surface area contributed by atoms with Gasteiger partial charge in [0.05, 0.1) is 0 Å². The topological polar surface area (TPSA) is 15.3 Å². The molecule has 1 N–H and O–H groups in total. The summed E-state index contributed by atoms with van der Waals surface area (Å²) < 4.78 is 0. The van der Waals surface area contributed by atoms with Crippen LogP contribution in [0.5, 0.6) is 0 Å². The van der Waals surface area contributed by atoms with Crippen LogP contribution >= 0.6 is 0 Å². The van der Waals surface area contributed by atoms with Crippen molar-refractivity contribution in [2.75, 3.05) is 13.1 Å². The third-order valence-corrected chi connectivity index (χ3v) is 4.05. The lowest BCUT2D eigenvalue weighted by atomic mass is 10.1. The average Bonchev–Trinajstić information content (AvgIpc) is 3.20. The molecule has 1 heterocycles. The van der Waals surface area contributed by atoms with E-state index in [1.807, 2.05) is 0 Å². The molecule has 1 atom stereocenters. The van der Waals surface area contributed by atoms with E-state index in [0.29, 0.717) is 0 Å². The first-order chi connectivity index (χ1) is 8.90. The average molecular weight is 244 g/mol. The maximum absolute atomic E-state index is 3.81. The molecule has 1 saturated heterocycles. The maximum Gasteiger partial charge on any atom is 0.0234 e. The molecule has 1 aliphatic carbocycles. The van der Waals surface area contributed by atoms with Gasteiger partial charge in [0.15, 0.2) is 0 Å². The Labute approximate surface area is 110 Å². The lowest BCUT2D eigenvalue weighted by Gasteiger charge is -2.25. The molecule has 1 aliphatic heterocycles. The van der Waals surface area contributed by atoms with E-state index in [9.17, 15) is 0 Å². The fourth-order valence-electron chi connectivity index (χ4n) is 2.92. The smallest absolute Gasteiger partial charge is 0.0234 e. The van der Waals surface area contributed by atoms with Crippen LogP contribution in [-0.2, 0) is 6.54 Å². The van der Waals surface area contributed by atoms with Gasteiger partial charge < -0.3 is 5.32 Å². The van der Waals surface area contributed by atoms with Crippen LogP contribution in [0.15, 0.2) is 30.3 Å². The fraction of sp³-hybridized carbons (Fsp3) is 0.625. The van der Waals surface area contributed by atoms with E-state index in [2.05, 4.69) is 40.5 Å². The van der Waals surface area contributed by atoms with Gasteiger partial charge in [-0.05, 0) is 37.8 Å². The number of nitrogens with one attached hydrogen (secondary N) is 1. The first kappa shape index (κ1) is 12.2. The molecule has 0 bridgehead atoms. The summed E-state index contributed by atoms with van der Waals surface area (Å²) in [6.07, 6.45) is 6.90. The lowest BCUT2D eigenvalue weighted by molar-refractivity contribution is 0.250. The fourth-order valence-corrected chi connectivity index (χ4v) is 2.92. The van der Waals surface area contributed by atoms with Gasteiger partial charge in [-0.3, -0.25) is 4.90 Å². The summed E-state index contributed by atoms with van der Waals surface area (Å²) in [5.41, 5.74) is 1.45. The van der Waals surface area contributed by atoms with Crippen LogP contribution in [0.3, 0.4) is 0 Å². The molecule has 3 rings (SSSR count). The van der Waals surface area contributed by atoms with Gasteiger partial charge in [-0.1, -0.05) is 36.8 Å². The first-order valence-electron chi connectivity index (χ1n) is 7.42. The predicted molar refractivity (Wildman–Crippen MR) is 75.5 cm³/mol. The molecule has 0 amide bonds. The van der Waals surface area contributed by atoms with Crippen molar-refractivity contribution in [2.24, 2.45) is 0 Å². The summed E-state index contributed by atoms with van der Waals surface area (Å²) in [4.78, 5) is 2.63. The first-order valence-corrected chi connectivity index (χ1v) is 7.42. The largest absolute Gasteiger partial charge is 0.310 e. The summed E-state index contributed by atoms with van der Waals surface area (Å²) in [6.45, 7) is 3.60. The maximum atomic E-state index is 3.81. The Balaban J connectivity index is 1.56. The summed E-state index contributed by atoms with van der Waals surface area (Å²) in [6, 6.07) is 12.4. The summed E-state index contributed by atoms with van der Waals surface area (Å²) in [7, 11) is 0. The predicted octanol–water partition coefficient (Wildman–Crippen LogP) is 2.79. The van der Waals surface area contributed by atoms with Crippen molar-refractivity contribution in [1.82, 2.24) is 10.2 Å². The summed E-state index contributed by atoms with van der Waals surface area (Å²) >= 11 is 0. The normalized spacial score (nSPS) is 25.9. The Morgan fingerprint density at radius 1 is 1.00 bits per heavy atom. The zero-order chi connectivity index (χ0) is 12.2. The minimum absolute atomic E-state index is 0.726. The third kappa shape index (κ3) is 3.56. The molecule has 1 aromatic carbocycles. The second-order valence-corrected chi connectivity index (χ2v) is 5.85. The third-order valence-electron chi connectivity index (χ3n) is 4.05. The van der Waals surface area contributed by atoms with E-state index in [1.165, 1.54) is 50.8 Å². The molecule has 1 unspecified atom stereocenters. The Morgan fingerprint density at radius 3 is 2.61 bits per heavy atom. The van der Waals surface area contributed by atoms with Gasteiger partial charge in [0, 0.05) is 25.2 Å². The number of rotatable bonds is 4. The van der Waals surface area contributed by atoms with Crippen LogP contribution < -0.4 is 5.32 Å².